The fourth-order valence-electron chi connectivity index (χ4n) is 1.58. The van der Waals surface area contributed by atoms with E-state index in [0.717, 1.165) is 0 Å². The summed E-state index contributed by atoms with van der Waals surface area (Å²) in [6.07, 6.45) is 1.37. The van der Waals surface area contributed by atoms with Gasteiger partial charge in [0.2, 0.25) is 5.88 Å². The van der Waals surface area contributed by atoms with Gasteiger partial charge in [-0.25, -0.2) is 9.37 Å². The van der Waals surface area contributed by atoms with E-state index in [1.54, 1.807) is 6.07 Å². The van der Waals surface area contributed by atoms with Crippen molar-refractivity contribution in [3.05, 3.63) is 46.9 Å². The predicted molar refractivity (Wildman–Crippen MR) is 65.9 cm³/mol. The lowest BCUT2D eigenvalue weighted by atomic mass is 10.0. The minimum atomic E-state index is -0.488. The van der Waals surface area contributed by atoms with Crippen LogP contribution in [0.3, 0.4) is 0 Å². The van der Waals surface area contributed by atoms with Crippen molar-refractivity contribution in [2.24, 2.45) is 0 Å². The molecule has 1 aromatic carbocycles. The van der Waals surface area contributed by atoms with Gasteiger partial charge >= 0.3 is 0 Å². The topological polar surface area (TPSA) is 45.9 Å². The van der Waals surface area contributed by atoms with E-state index in [4.69, 9.17) is 21.6 Å². The molecule has 18 heavy (non-hydrogen) atoms. The van der Waals surface area contributed by atoms with Crippen LogP contribution < -0.4 is 4.74 Å². The summed E-state index contributed by atoms with van der Waals surface area (Å²) >= 11 is 5.70. The molecule has 0 N–H and O–H groups in total. The average Bonchev–Trinajstić information content (AvgIpc) is 2.38. The molecule has 0 spiro atoms. The van der Waals surface area contributed by atoms with E-state index in [0.29, 0.717) is 21.7 Å². The highest BCUT2D eigenvalue weighted by atomic mass is 35.5. The van der Waals surface area contributed by atoms with E-state index >= 15 is 0 Å². The molecule has 1 aromatic heterocycles. The fraction of sp³-hybridized carbons (Fsp3) is 0.0769. The number of methoxy groups -OCH3 is 1. The Kier molecular flexibility index (Phi) is 3.45. The minimum absolute atomic E-state index is 0.259. The molecule has 5 heteroatoms. The third kappa shape index (κ3) is 2.27. The van der Waals surface area contributed by atoms with Gasteiger partial charge in [0.05, 0.1) is 12.7 Å². The molecule has 3 nitrogen and oxygen atoms in total. The Morgan fingerprint density at radius 1 is 1.33 bits per heavy atom. The Morgan fingerprint density at radius 2 is 2.11 bits per heavy atom. The van der Waals surface area contributed by atoms with Crippen LogP contribution in [-0.2, 0) is 0 Å². The molecule has 0 atom stereocenters. The van der Waals surface area contributed by atoms with E-state index in [9.17, 15) is 4.39 Å². The summed E-state index contributed by atoms with van der Waals surface area (Å²) in [6.45, 7) is 0. The van der Waals surface area contributed by atoms with E-state index < -0.39 is 5.82 Å². The molecule has 0 saturated carbocycles. The molecule has 2 aromatic rings. The predicted octanol–water partition coefficient (Wildman–Crippen LogP) is 3.42. The van der Waals surface area contributed by atoms with Gasteiger partial charge in [-0.15, -0.1) is 0 Å². The zero-order chi connectivity index (χ0) is 13.1. The first-order valence-corrected chi connectivity index (χ1v) is 5.43. The van der Waals surface area contributed by atoms with Crippen LogP contribution in [0.1, 0.15) is 5.56 Å². The summed E-state index contributed by atoms with van der Waals surface area (Å²) in [7, 11) is 1.44. The zero-order valence-corrected chi connectivity index (χ0v) is 10.2. The van der Waals surface area contributed by atoms with Crippen LogP contribution in [0.5, 0.6) is 5.88 Å². The maximum absolute atomic E-state index is 13.8. The van der Waals surface area contributed by atoms with Crippen molar-refractivity contribution < 1.29 is 9.13 Å². The Bertz CT molecular complexity index is 637. The van der Waals surface area contributed by atoms with Crippen LogP contribution in [0.15, 0.2) is 30.5 Å². The van der Waals surface area contributed by atoms with Crippen molar-refractivity contribution in [3.8, 4) is 23.1 Å². The third-order valence-electron chi connectivity index (χ3n) is 2.39. The van der Waals surface area contributed by atoms with Crippen molar-refractivity contribution in [1.82, 2.24) is 4.98 Å². The molecular formula is C13H8ClFN2O. The number of ether oxygens (including phenoxy) is 1. The number of rotatable bonds is 2. The summed E-state index contributed by atoms with van der Waals surface area (Å²) in [6, 6.07) is 7.78. The molecule has 0 aliphatic rings. The molecule has 0 fully saturated rings. The standard InChI is InChI=1S/C13H8ClFN2O/c1-18-13-11(4-8(6-16)7-17-13)10-3-2-9(14)5-12(10)15/h2-5,7H,1H3. The van der Waals surface area contributed by atoms with E-state index in [1.165, 1.54) is 31.5 Å². The zero-order valence-electron chi connectivity index (χ0n) is 9.45. The van der Waals surface area contributed by atoms with Gasteiger partial charge in [-0.05, 0) is 24.3 Å². The molecule has 0 amide bonds. The van der Waals surface area contributed by atoms with Crippen LogP contribution in [0, 0.1) is 17.1 Å². The number of halogens is 2. The molecule has 1 heterocycles. The lowest BCUT2D eigenvalue weighted by Crippen LogP contribution is -1.94. The second-order valence-corrected chi connectivity index (χ2v) is 3.95. The molecule has 0 aliphatic heterocycles. The van der Waals surface area contributed by atoms with Crippen molar-refractivity contribution in [2.75, 3.05) is 7.11 Å². The van der Waals surface area contributed by atoms with E-state index in [2.05, 4.69) is 4.98 Å². The summed E-state index contributed by atoms with van der Waals surface area (Å²) < 4.78 is 18.9. The van der Waals surface area contributed by atoms with Crippen molar-refractivity contribution in [3.63, 3.8) is 0 Å². The van der Waals surface area contributed by atoms with Crippen LogP contribution in [0.4, 0.5) is 4.39 Å². The molecule has 0 radical (unpaired) electrons. The normalized spacial score (nSPS) is 9.89. The smallest absolute Gasteiger partial charge is 0.221 e. The summed E-state index contributed by atoms with van der Waals surface area (Å²) in [5.41, 5.74) is 1.05. The summed E-state index contributed by atoms with van der Waals surface area (Å²) in [4.78, 5) is 3.96. The van der Waals surface area contributed by atoms with Crippen LogP contribution in [-0.4, -0.2) is 12.1 Å². The Morgan fingerprint density at radius 3 is 2.72 bits per heavy atom. The molecule has 0 unspecified atom stereocenters. The van der Waals surface area contributed by atoms with Gasteiger partial charge in [-0.3, -0.25) is 0 Å². The highest BCUT2D eigenvalue weighted by Crippen LogP contribution is 2.31. The number of hydrogen-bond acceptors (Lipinski definition) is 3. The van der Waals surface area contributed by atoms with Crippen molar-refractivity contribution in [1.29, 1.82) is 5.26 Å². The largest absolute Gasteiger partial charge is 0.481 e. The quantitative estimate of drug-likeness (QED) is 0.833. The fourth-order valence-corrected chi connectivity index (χ4v) is 1.74. The molecule has 2 rings (SSSR count). The first kappa shape index (κ1) is 12.3. The lowest BCUT2D eigenvalue weighted by Gasteiger charge is -2.08. The number of aromatic nitrogens is 1. The van der Waals surface area contributed by atoms with Gasteiger partial charge < -0.3 is 4.74 Å². The van der Waals surface area contributed by atoms with E-state index in [1.807, 2.05) is 6.07 Å². The second-order valence-electron chi connectivity index (χ2n) is 3.52. The Balaban J connectivity index is 2.65. The van der Waals surface area contributed by atoms with Gasteiger partial charge in [-0.2, -0.15) is 5.26 Å². The number of benzene rings is 1. The minimum Gasteiger partial charge on any atom is -0.481 e. The average molecular weight is 263 g/mol. The molecule has 0 saturated heterocycles. The maximum Gasteiger partial charge on any atom is 0.221 e. The first-order valence-electron chi connectivity index (χ1n) is 5.05. The highest BCUT2D eigenvalue weighted by Gasteiger charge is 2.13. The van der Waals surface area contributed by atoms with Gasteiger partial charge in [0.25, 0.3) is 0 Å². The van der Waals surface area contributed by atoms with Gasteiger partial charge in [0, 0.05) is 22.3 Å². The Hall–Kier alpha value is -2.12. The Labute approximate surface area is 108 Å². The number of hydrogen-bond donors (Lipinski definition) is 0. The van der Waals surface area contributed by atoms with Crippen molar-refractivity contribution in [2.45, 2.75) is 0 Å². The van der Waals surface area contributed by atoms with Crippen LogP contribution in [0.2, 0.25) is 5.02 Å². The summed E-state index contributed by atoms with van der Waals surface area (Å²) in [5.74, 6) is -0.229. The highest BCUT2D eigenvalue weighted by molar-refractivity contribution is 6.30. The molecular weight excluding hydrogens is 255 g/mol. The number of nitrogens with zero attached hydrogens (tertiary/aromatic N) is 2. The molecule has 0 aliphatic carbocycles. The maximum atomic E-state index is 13.8. The van der Waals surface area contributed by atoms with Crippen LogP contribution >= 0.6 is 11.6 Å². The number of pyridine rings is 1. The van der Waals surface area contributed by atoms with Gasteiger partial charge in [0.15, 0.2) is 0 Å². The first-order chi connectivity index (χ1) is 8.65. The lowest BCUT2D eigenvalue weighted by molar-refractivity contribution is 0.399. The van der Waals surface area contributed by atoms with Crippen LogP contribution in [0.25, 0.3) is 11.1 Å². The van der Waals surface area contributed by atoms with Crippen molar-refractivity contribution >= 4 is 11.6 Å². The second kappa shape index (κ2) is 5.03. The van der Waals surface area contributed by atoms with Gasteiger partial charge in [0.1, 0.15) is 11.9 Å². The van der Waals surface area contributed by atoms with E-state index in [-0.39, 0.29) is 5.88 Å². The molecule has 0 bridgehead atoms. The third-order valence-corrected chi connectivity index (χ3v) is 2.63. The summed E-state index contributed by atoms with van der Waals surface area (Å²) in [5, 5.41) is 9.15. The SMILES string of the molecule is COc1ncc(C#N)cc1-c1ccc(Cl)cc1F. The van der Waals surface area contributed by atoms with Gasteiger partial charge in [-0.1, -0.05) is 11.6 Å². The monoisotopic (exact) mass is 262 g/mol. The molecule has 90 valence electrons. The number of nitriles is 1.